The van der Waals surface area contributed by atoms with E-state index < -0.39 is 5.60 Å². The fourth-order valence-electron chi connectivity index (χ4n) is 2.63. The summed E-state index contributed by atoms with van der Waals surface area (Å²) in [6, 6.07) is 6.29. The lowest BCUT2D eigenvalue weighted by Crippen LogP contribution is -2.42. The lowest BCUT2D eigenvalue weighted by molar-refractivity contribution is 0.0352. The normalized spacial score (nSPS) is 19.4. The summed E-state index contributed by atoms with van der Waals surface area (Å²) in [6.07, 6.45) is 3.49. The van der Waals surface area contributed by atoms with E-state index in [1.165, 1.54) is 5.69 Å². The molecule has 3 rings (SSSR count). The van der Waals surface area contributed by atoms with Gasteiger partial charge in [-0.25, -0.2) is 4.98 Å². The van der Waals surface area contributed by atoms with Crippen LogP contribution in [0.3, 0.4) is 0 Å². The Morgan fingerprint density at radius 1 is 1.28 bits per heavy atom. The van der Waals surface area contributed by atoms with Crippen LogP contribution < -0.4 is 4.90 Å². The van der Waals surface area contributed by atoms with Gasteiger partial charge in [-0.3, -0.25) is 0 Å². The third-order valence-electron chi connectivity index (χ3n) is 3.91. The van der Waals surface area contributed by atoms with E-state index in [2.05, 4.69) is 28.1 Å². The van der Waals surface area contributed by atoms with E-state index in [4.69, 9.17) is 0 Å². The zero-order valence-corrected chi connectivity index (χ0v) is 10.9. The maximum Gasteiger partial charge on any atom is 0.112 e. The average Bonchev–Trinajstić information content (AvgIpc) is 2.72. The number of hydrogen-bond donors (Lipinski definition) is 1. The molecule has 0 bridgehead atoms. The molecular weight excluding hydrogens is 226 g/mol. The first-order valence-corrected chi connectivity index (χ1v) is 6.44. The van der Waals surface area contributed by atoms with Crippen molar-refractivity contribution in [2.75, 3.05) is 18.0 Å². The minimum atomic E-state index is -0.505. The summed E-state index contributed by atoms with van der Waals surface area (Å²) in [5, 5.41) is 10.0. The van der Waals surface area contributed by atoms with Crippen LogP contribution >= 0.6 is 0 Å². The molecule has 1 aromatic heterocycles. The predicted octanol–water partition coefficient (Wildman–Crippen LogP) is 1.92. The minimum absolute atomic E-state index is 0.505. The molecule has 1 saturated heterocycles. The van der Waals surface area contributed by atoms with Crippen LogP contribution in [0.5, 0.6) is 0 Å². The molecule has 0 unspecified atom stereocenters. The second-order valence-electron chi connectivity index (χ2n) is 5.48. The Hall–Kier alpha value is -1.55. The van der Waals surface area contributed by atoms with Crippen LogP contribution in [0.2, 0.25) is 0 Å². The maximum atomic E-state index is 10.0. The van der Waals surface area contributed by atoms with Crippen LogP contribution in [0.25, 0.3) is 11.0 Å². The van der Waals surface area contributed by atoms with Gasteiger partial charge in [-0.1, -0.05) is 6.07 Å². The molecule has 1 aromatic carbocycles. The highest BCUT2D eigenvalue weighted by atomic mass is 16.3. The van der Waals surface area contributed by atoms with E-state index in [-0.39, 0.29) is 0 Å². The number of nitrogens with zero attached hydrogens (tertiary/aromatic N) is 3. The third-order valence-corrected chi connectivity index (χ3v) is 3.91. The first-order valence-electron chi connectivity index (χ1n) is 6.44. The van der Waals surface area contributed by atoms with Gasteiger partial charge >= 0.3 is 0 Å². The highest BCUT2D eigenvalue weighted by Gasteiger charge is 2.28. The van der Waals surface area contributed by atoms with Crippen LogP contribution in [-0.4, -0.2) is 33.3 Å². The highest BCUT2D eigenvalue weighted by molar-refractivity contribution is 5.89. The molecule has 0 amide bonds. The number of hydrogen-bond acceptors (Lipinski definition) is 3. The molecular formula is C14H19N3O. The Bertz CT molecular complexity index is 563. The summed E-state index contributed by atoms with van der Waals surface area (Å²) in [5.74, 6) is 0. The molecule has 1 aliphatic rings. The second kappa shape index (κ2) is 3.99. The number of anilines is 1. The summed E-state index contributed by atoms with van der Waals surface area (Å²) < 4.78 is 2.04. The molecule has 1 N–H and O–H groups in total. The van der Waals surface area contributed by atoms with E-state index in [1.54, 1.807) is 0 Å². The zero-order chi connectivity index (χ0) is 12.8. The van der Waals surface area contributed by atoms with E-state index in [0.717, 1.165) is 37.0 Å². The van der Waals surface area contributed by atoms with Crippen LogP contribution in [0, 0.1) is 0 Å². The van der Waals surface area contributed by atoms with Crippen molar-refractivity contribution in [3.63, 3.8) is 0 Å². The molecule has 0 saturated carbocycles. The highest BCUT2D eigenvalue weighted by Crippen LogP contribution is 2.30. The zero-order valence-electron chi connectivity index (χ0n) is 10.9. The van der Waals surface area contributed by atoms with Crippen LogP contribution in [0.1, 0.15) is 19.8 Å². The molecule has 18 heavy (non-hydrogen) atoms. The first kappa shape index (κ1) is 11.5. The number of para-hydroxylation sites is 1. The van der Waals surface area contributed by atoms with Gasteiger partial charge in [0.25, 0.3) is 0 Å². The fraction of sp³-hybridized carbons (Fsp3) is 0.500. The predicted molar refractivity (Wildman–Crippen MR) is 72.8 cm³/mol. The molecule has 4 heteroatoms. The maximum absolute atomic E-state index is 10.0. The average molecular weight is 245 g/mol. The molecule has 1 aliphatic heterocycles. The van der Waals surface area contributed by atoms with Gasteiger partial charge in [0.2, 0.25) is 0 Å². The lowest BCUT2D eigenvalue weighted by Gasteiger charge is -2.37. The van der Waals surface area contributed by atoms with Crippen molar-refractivity contribution in [3.8, 4) is 0 Å². The molecule has 0 spiro atoms. The molecule has 2 heterocycles. The van der Waals surface area contributed by atoms with Crippen molar-refractivity contribution in [1.82, 2.24) is 9.55 Å². The monoisotopic (exact) mass is 245 g/mol. The Morgan fingerprint density at radius 2 is 2.00 bits per heavy atom. The van der Waals surface area contributed by atoms with Gasteiger partial charge in [-0.2, -0.15) is 0 Å². The molecule has 0 aliphatic carbocycles. The summed E-state index contributed by atoms with van der Waals surface area (Å²) in [7, 11) is 2.01. The minimum Gasteiger partial charge on any atom is -0.390 e. The Labute approximate surface area is 107 Å². The van der Waals surface area contributed by atoms with Gasteiger partial charge < -0.3 is 14.6 Å². The topological polar surface area (TPSA) is 41.3 Å². The smallest absolute Gasteiger partial charge is 0.112 e. The summed E-state index contributed by atoms with van der Waals surface area (Å²) >= 11 is 0. The molecule has 0 atom stereocenters. The van der Waals surface area contributed by atoms with Gasteiger partial charge in [0, 0.05) is 20.1 Å². The Morgan fingerprint density at radius 3 is 2.72 bits per heavy atom. The largest absolute Gasteiger partial charge is 0.390 e. The van der Waals surface area contributed by atoms with Crippen LogP contribution in [0.4, 0.5) is 5.69 Å². The van der Waals surface area contributed by atoms with Gasteiger partial charge in [0.1, 0.15) is 5.52 Å². The number of piperidine rings is 1. The SMILES string of the molecule is Cn1cnc2c(N3CCC(C)(O)CC3)cccc21. The molecule has 2 aromatic rings. The number of rotatable bonds is 1. The lowest BCUT2D eigenvalue weighted by atomic mass is 9.93. The number of aryl methyl sites for hydroxylation is 1. The van der Waals surface area contributed by atoms with Crippen molar-refractivity contribution in [3.05, 3.63) is 24.5 Å². The van der Waals surface area contributed by atoms with E-state index in [9.17, 15) is 5.11 Å². The summed E-state index contributed by atoms with van der Waals surface area (Å²) in [4.78, 5) is 6.82. The van der Waals surface area contributed by atoms with Crippen molar-refractivity contribution in [1.29, 1.82) is 0 Å². The molecule has 96 valence electrons. The molecule has 1 fully saturated rings. The number of fused-ring (bicyclic) bond motifs is 1. The second-order valence-corrected chi connectivity index (χ2v) is 5.48. The number of benzene rings is 1. The molecule has 4 nitrogen and oxygen atoms in total. The number of aliphatic hydroxyl groups is 1. The number of imidazole rings is 1. The van der Waals surface area contributed by atoms with Crippen LogP contribution in [-0.2, 0) is 7.05 Å². The number of aromatic nitrogens is 2. The molecule has 0 radical (unpaired) electrons. The summed E-state index contributed by atoms with van der Waals surface area (Å²) in [6.45, 7) is 3.71. The van der Waals surface area contributed by atoms with Gasteiger partial charge in [0.15, 0.2) is 0 Å². The van der Waals surface area contributed by atoms with E-state index >= 15 is 0 Å². The Kier molecular flexibility index (Phi) is 2.55. The Balaban J connectivity index is 1.95. The van der Waals surface area contributed by atoms with Crippen molar-refractivity contribution < 1.29 is 5.11 Å². The van der Waals surface area contributed by atoms with Crippen molar-refractivity contribution in [2.45, 2.75) is 25.4 Å². The standard InChI is InChI=1S/C14H19N3O/c1-14(18)6-8-17(9-7-14)12-5-3-4-11-13(12)15-10-16(11)2/h3-5,10,18H,6-9H2,1-2H3. The fourth-order valence-corrected chi connectivity index (χ4v) is 2.63. The van der Waals surface area contributed by atoms with Crippen molar-refractivity contribution in [2.24, 2.45) is 7.05 Å². The summed E-state index contributed by atoms with van der Waals surface area (Å²) in [5.41, 5.74) is 2.89. The third kappa shape index (κ3) is 1.86. The van der Waals surface area contributed by atoms with Gasteiger partial charge in [0.05, 0.1) is 23.1 Å². The van der Waals surface area contributed by atoms with E-state index in [0.29, 0.717) is 0 Å². The van der Waals surface area contributed by atoms with E-state index in [1.807, 2.05) is 24.9 Å². The quantitative estimate of drug-likeness (QED) is 0.834. The van der Waals surface area contributed by atoms with Gasteiger partial charge in [-0.05, 0) is 31.9 Å². The van der Waals surface area contributed by atoms with Crippen molar-refractivity contribution >= 4 is 16.7 Å². The van der Waals surface area contributed by atoms with Gasteiger partial charge in [-0.15, -0.1) is 0 Å². The van der Waals surface area contributed by atoms with Crippen LogP contribution in [0.15, 0.2) is 24.5 Å². The first-order chi connectivity index (χ1) is 8.57.